The van der Waals surface area contributed by atoms with Crippen molar-refractivity contribution in [2.24, 2.45) is 0 Å². The fraction of sp³-hybridized carbons (Fsp3) is 0.176. The van der Waals surface area contributed by atoms with E-state index in [1.165, 1.54) is 21.9 Å². The summed E-state index contributed by atoms with van der Waals surface area (Å²) >= 11 is 0. The maximum atomic E-state index is 3.86. The Labute approximate surface area is 104 Å². The van der Waals surface area contributed by atoms with Crippen molar-refractivity contribution in [3.05, 3.63) is 60.2 Å². The fourth-order valence-electron chi connectivity index (χ4n) is 2.01. The van der Waals surface area contributed by atoms with Crippen molar-refractivity contribution in [2.45, 2.75) is 20.8 Å². The molecule has 0 saturated heterocycles. The molecule has 17 heavy (non-hydrogen) atoms. The third-order valence-corrected chi connectivity index (χ3v) is 2.81. The zero-order valence-electron chi connectivity index (χ0n) is 11.0. The summed E-state index contributed by atoms with van der Waals surface area (Å²) in [6.45, 7) is 13.8. The Balaban J connectivity index is 0.000000686. The van der Waals surface area contributed by atoms with Gasteiger partial charge in [-0.2, -0.15) is 0 Å². The summed E-state index contributed by atoms with van der Waals surface area (Å²) in [4.78, 5) is 0. The second-order valence-electron chi connectivity index (χ2n) is 3.63. The standard InChI is InChI=1S/C15H14.C2H6/c1-4-12-10-13-8-6-7-9-15(13)11(3)14(12)5-2;1-2/h4-10H,1-2H2,3H3;1-2H3. The van der Waals surface area contributed by atoms with E-state index in [1.807, 2.05) is 26.0 Å². The van der Waals surface area contributed by atoms with Crippen molar-refractivity contribution >= 4 is 22.9 Å². The van der Waals surface area contributed by atoms with Gasteiger partial charge in [-0.1, -0.05) is 63.4 Å². The first-order chi connectivity index (χ1) is 8.27. The molecular formula is C17H20. The fourth-order valence-corrected chi connectivity index (χ4v) is 2.01. The van der Waals surface area contributed by atoms with Crippen LogP contribution in [-0.4, -0.2) is 0 Å². The van der Waals surface area contributed by atoms with E-state index in [9.17, 15) is 0 Å². The second kappa shape index (κ2) is 6.05. The molecule has 0 aliphatic carbocycles. The molecule has 2 aromatic rings. The minimum absolute atomic E-state index is 1.15. The first-order valence-electron chi connectivity index (χ1n) is 6.05. The first-order valence-corrected chi connectivity index (χ1v) is 6.05. The summed E-state index contributed by atoms with van der Waals surface area (Å²) in [5, 5.41) is 2.55. The van der Waals surface area contributed by atoms with Crippen LogP contribution in [0.2, 0.25) is 0 Å². The molecule has 0 heterocycles. The lowest BCUT2D eigenvalue weighted by atomic mass is 9.95. The van der Waals surface area contributed by atoms with Crippen LogP contribution in [0.3, 0.4) is 0 Å². The van der Waals surface area contributed by atoms with Crippen molar-refractivity contribution in [2.75, 3.05) is 0 Å². The van der Waals surface area contributed by atoms with Gasteiger partial charge in [-0.3, -0.25) is 0 Å². The summed E-state index contributed by atoms with van der Waals surface area (Å²) in [5.41, 5.74) is 3.61. The van der Waals surface area contributed by atoms with Crippen LogP contribution >= 0.6 is 0 Å². The van der Waals surface area contributed by atoms with Gasteiger partial charge in [-0.05, 0) is 40.5 Å². The highest BCUT2D eigenvalue weighted by molar-refractivity contribution is 5.91. The van der Waals surface area contributed by atoms with Crippen LogP contribution in [0.5, 0.6) is 0 Å². The number of fused-ring (bicyclic) bond motifs is 1. The first kappa shape index (κ1) is 13.2. The molecule has 0 aliphatic rings. The van der Waals surface area contributed by atoms with Crippen LogP contribution in [0.1, 0.15) is 30.5 Å². The molecule has 0 unspecified atom stereocenters. The van der Waals surface area contributed by atoms with Gasteiger partial charge in [0.05, 0.1) is 0 Å². The molecule has 0 saturated carbocycles. The summed E-state index contributed by atoms with van der Waals surface area (Å²) in [5.74, 6) is 0. The molecule has 2 rings (SSSR count). The van der Waals surface area contributed by atoms with E-state index < -0.39 is 0 Å². The Morgan fingerprint density at radius 2 is 1.65 bits per heavy atom. The maximum absolute atomic E-state index is 3.86. The van der Waals surface area contributed by atoms with Crippen molar-refractivity contribution in [1.29, 1.82) is 0 Å². The molecule has 0 atom stereocenters. The van der Waals surface area contributed by atoms with Gasteiger partial charge < -0.3 is 0 Å². The minimum Gasteiger partial charge on any atom is -0.0984 e. The number of rotatable bonds is 2. The van der Waals surface area contributed by atoms with Crippen LogP contribution in [-0.2, 0) is 0 Å². The van der Waals surface area contributed by atoms with Gasteiger partial charge in [-0.15, -0.1) is 0 Å². The van der Waals surface area contributed by atoms with Gasteiger partial charge in [0.2, 0.25) is 0 Å². The Hall–Kier alpha value is -1.82. The lowest BCUT2D eigenvalue weighted by Gasteiger charge is -2.09. The molecule has 0 heteroatoms. The third kappa shape index (κ3) is 2.47. The van der Waals surface area contributed by atoms with Crippen LogP contribution in [0.25, 0.3) is 22.9 Å². The van der Waals surface area contributed by atoms with Crippen LogP contribution in [0.15, 0.2) is 43.5 Å². The van der Waals surface area contributed by atoms with Crippen LogP contribution < -0.4 is 0 Å². The average Bonchev–Trinajstić information content (AvgIpc) is 2.41. The Kier molecular flexibility index (Phi) is 4.71. The molecule has 0 amide bonds. The van der Waals surface area contributed by atoms with E-state index in [4.69, 9.17) is 0 Å². The van der Waals surface area contributed by atoms with E-state index in [0.717, 1.165) is 5.56 Å². The molecule has 0 aliphatic heterocycles. The topological polar surface area (TPSA) is 0 Å². The quantitative estimate of drug-likeness (QED) is 0.635. The molecule has 0 aromatic heterocycles. The molecule has 0 spiro atoms. The molecule has 0 nitrogen and oxygen atoms in total. The SMILES string of the molecule is C=Cc1cc2ccccc2c(C)c1C=C.CC. The summed E-state index contributed by atoms with van der Waals surface area (Å²) in [7, 11) is 0. The van der Waals surface area contributed by atoms with Crippen molar-refractivity contribution < 1.29 is 0 Å². The van der Waals surface area contributed by atoms with E-state index in [1.54, 1.807) is 0 Å². The van der Waals surface area contributed by atoms with Gasteiger partial charge in [0.25, 0.3) is 0 Å². The molecular weight excluding hydrogens is 204 g/mol. The molecule has 0 radical (unpaired) electrons. The second-order valence-corrected chi connectivity index (χ2v) is 3.63. The van der Waals surface area contributed by atoms with Gasteiger partial charge in [0.1, 0.15) is 0 Å². The van der Waals surface area contributed by atoms with Crippen molar-refractivity contribution in [3.8, 4) is 0 Å². The Bertz CT molecular complexity index is 533. The van der Waals surface area contributed by atoms with Crippen molar-refractivity contribution in [3.63, 3.8) is 0 Å². The lowest BCUT2D eigenvalue weighted by Crippen LogP contribution is -1.88. The Morgan fingerprint density at radius 1 is 1.00 bits per heavy atom. The summed E-state index contributed by atoms with van der Waals surface area (Å²) in [6, 6.07) is 10.6. The third-order valence-electron chi connectivity index (χ3n) is 2.81. The van der Waals surface area contributed by atoms with Crippen LogP contribution in [0.4, 0.5) is 0 Å². The highest BCUT2D eigenvalue weighted by Gasteiger charge is 2.04. The predicted octanol–water partition coefficient (Wildman–Crippen LogP) is 5.46. The van der Waals surface area contributed by atoms with E-state index in [0.29, 0.717) is 0 Å². The highest BCUT2D eigenvalue weighted by Crippen LogP contribution is 2.26. The van der Waals surface area contributed by atoms with Gasteiger partial charge in [-0.25, -0.2) is 0 Å². The zero-order valence-corrected chi connectivity index (χ0v) is 11.0. The molecule has 0 N–H and O–H groups in total. The monoisotopic (exact) mass is 224 g/mol. The number of benzene rings is 2. The zero-order chi connectivity index (χ0) is 12.8. The number of aryl methyl sites for hydroxylation is 1. The van der Waals surface area contributed by atoms with E-state index in [-0.39, 0.29) is 0 Å². The van der Waals surface area contributed by atoms with Gasteiger partial charge in [0, 0.05) is 0 Å². The number of hydrogen-bond donors (Lipinski definition) is 0. The smallest absolute Gasteiger partial charge is 0.0148 e. The minimum atomic E-state index is 1.15. The van der Waals surface area contributed by atoms with Crippen LogP contribution in [0, 0.1) is 6.92 Å². The predicted molar refractivity (Wildman–Crippen MR) is 80.2 cm³/mol. The van der Waals surface area contributed by atoms with Gasteiger partial charge >= 0.3 is 0 Å². The van der Waals surface area contributed by atoms with Gasteiger partial charge in [0.15, 0.2) is 0 Å². The molecule has 0 fully saturated rings. The summed E-state index contributed by atoms with van der Waals surface area (Å²) < 4.78 is 0. The normalized spacial score (nSPS) is 9.35. The molecule has 0 bridgehead atoms. The molecule has 2 aromatic carbocycles. The lowest BCUT2D eigenvalue weighted by molar-refractivity contribution is 1.48. The maximum Gasteiger partial charge on any atom is -0.0148 e. The average molecular weight is 224 g/mol. The number of hydrogen-bond acceptors (Lipinski definition) is 0. The Morgan fingerprint density at radius 3 is 2.24 bits per heavy atom. The van der Waals surface area contributed by atoms with E-state index in [2.05, 4.69) is 50.4 Å². The van der Waals surface area contributed by atoms with E-state index >= 15 is 0 Å². The molecule has 88 valence electrons. The van der Waals surface area contributed by atoms with Crippen molar-refractivity contribution in [1.82, 2.24) is 0 Å². The largest absolute Gasteiger partial charge is 0.0984 e. The summed E-state index contributed by atoms with van der Waals surface area (Å²) in [6.07, 6.45) is 3.79. The highest BCUT2D eigenvalue weighted by atomic mass is 14.1.